The van der Waals surface area contributed by atoms with E-state index < -0.39 is 4.92 Å². The van der Waals surface area contributed by atoms with Crippen molar-refractivity contribution in [1.29, 1.82) is 0 Å². The van der Waals surface area contributed by atoms with Crippen molar-refractivity contribution in [1.82, 2.24) is 10.3 Å². The molecule has 78 valence electrons. The van der Waals surface area contributed by atoms with Gasteiger partial charge in [0.15, 0.2) is 5.69 Å². The van der Waals surface area contributed by atoms with Gasteiger partial charge in [-0.1, -0.05) is 17.5 Å². The van der Waals surface area contributed by atoms with E-state index in [0.29, 0.717) is 6.54 Å². The summed E-state index contributed by atoms with van der Waals surface area (Å²) in [5, 5.41) is 13.7. The molecule has 0 bridgehead atoms. The van der Waals surface area contributed by atoms with Gasteiger partial charge in [0, 0.05) is 12.3 Å². The Labute approximate surface area is 91.6 Å². The van der Waals surface area contributed by atoms with Crippen molar-refractivity contribution < 1.29 is 4.92 Å². The van der Waals surface area contributed by atoms with Crippen LogP contribution in [-0.4, -0.2) is 23.5 Å². The summed E-state index contributed by atoms with van der Waals surface area (Å²) in [5.74, 6) is 5.29. The summed E-state index contributed by atoms with van der Waals surface area (Å²) < 4.78 is 0. The van der Waals surface area contributed by atoms with Crippen LogP contribution >= 0.6 is 11.6 Å². The highest BCUT2D eigenvalue weighted by Crippen LogP contribution is 2.19. The predicted octanol–water partition coefficient (Wildman–Crippen LogP) is 1.21. The molecule has 0 fully saturated rings. The van der Waals surface area contributed by atoms with Crippen LogP contribution in [0.25, 0.3) is 0 Å². The summed E-state index contributed by atoms with van der Waals surface area (Å²) >= 11 is 5.59. The van der Waals surface area contributed by atoms with E-state index in [2.05, 4.69) is 22.1 Å². The lowest BCUT2D eigenvalue weighted by Gasteiger charge is -1.94. The van der Waals surface area contributed by atoms with Gasteiger partial charge in [-0.15, -0.1) is 0 Å². The highest BCUT2D eigenvalue weighted by atomic mass is 35.5. The second-order valence-corrected chi connectivity index (χ2v) is 3.05. The molecule has 0 radical (unpaired) electrons. The Bertz CT molecular complexity index is 437. The van der Waals surface area contributed by atoms with Crippen LogP contribution in [0.15, 0.2) is 12.3 Å². The van der Waals surface area contributed by atoms with Crippen molar-refractivity contribution in [3.63, 3.8) is 0 Å². The molecule has 0 aliphatic carbocycles. The molecule has 1 aromatic rings. The number of rotatable bonds is 2. The van der Waals surface area contributed by atoms with Gasteiger partial charge in [-0.3, -0.25) is 10.1 Å². The van der Waals surface area contributed by atoms with Crippen LogP contribution in [0.2, 0.25) is 5.02 Å². The molecular weight excluding hydrogens is 218 g/mol. The number of hydrogen-bond donors (Lipinski definition) is 1. The van der Waals surface area contributed by atoms with E-state index in [0.717, 1.165) is 0 Å². The minimum Gasteiger partial charge on any atom is -0.309 e. The summed E-state index contributed by atoms with van der Waals surface area (Å²) in [7, 11) is 1.73. The Hall–Kier alpha value is -1.64. The largest absolute Gasteiger partial charge is 0.309 e. The summed E-state index contributed by atoms with van der Waals surface area (Å²) in [5.41, 5.74) is -0.0502. The zero-order valence-corrected chi connectivity index (χ0v) is 8.71. The quantitative estimate of drug-likeness (QED) is 0.467. The standard InChI is InChI=1S/C9H8ClN3O2/c1-11-4-2-3-8-9(13(14)15)5-7(10)6-12-8/h5-6,11H,4H2,1H3. The van der Waals surface area contributed by atoms with E-state index in [1.165, 1.54) is 12.3 Å². The van der Waals surface area contributed by atoms with Crippen molar-refractivity contribution in [2.75, 3.05) is 13.6 Å². The summed E-state index contributed by atoms with van der Waals surface area (Å²) in [6.45, 7) is 0.446. The molecule has 0 aliphatic heterocycles. The lowest BCUT2D eigenvalue weighted by Crippen LogP contribution is -2.04. The fourth-order valence-corrected chi connectivity index (χ4v) is 1.03. The maximum atomic E-state index is 10.6. The van der Waals surface area contributed by atoms with Crippen molar-refractivity contribution >= 4 is 17.3 Å². The zero-order chi connectivity index (χ0) is 11.3. The Morgan fingerprint density at radius 1 is 1.73 bits per heavy atom. The highest BCUT2D eigenvalue weighted by Gasteiger charge is 2.13. The van der Waals surface area contributed by atoms with Gasteiger partial charge in [-0.2, -0.15) is 0 Å². The number of pyridine rings is 1. The Balaban J connectivity index is 3.08. The van der Waals surface area contributed by atoms with Gasteiger partial charge in [-0.05, 0) is 13.0 Å². The first-order valence-electron chi connectivity index (χ1n) is 4.08. The van der Waals surface area contributed by atoms with E-state index in [-0.39, 0.29) is 16.4 Å². The van der Waals surface area contributed by atoms with Crippen molar-refractivity contribution in [2.24, 2.45) is 0 Å². The number of nitro groups is 1. The third kappa shape index (κ3) is 3.20. The maximum absolute atomic E-state index is 10.6. The molecule has 0 aliphatic rings. The second-order valence-electron chi connectivity index (χ2n) is 2.61. The van der Waals surface area contributed by atoms with Gasteiger partial charge in [-0.25, -0.2) is 4.98 Å². The number of aromatic nitrogens is 1. The van der Waals surface area contributed by atoms with E-state index in [1.807, 2.05) is 0 Å². The molecule has 15 heavy (non-hydrogen) atoms. The van der Waals surface area contributed by atoms with Gasteiger partial charge < -0.3 is 5.32 Å². The molecule has 1 rings (SSSR count). The van der Waals surface area contributed by atoms with Crippen LogP contribution in [0.4, 0.5) is 5.69 Å². The summed E-state index contributed by atoms with van der Waals surface area (Å²) in [6, 6.07) is 1.23. The monoisotopic (exact) mass is 225 g/mol. The van der Waals surface area contributed by atoms with E-state index in [1.54, 1.807) is 7.05 Å². The third-order valence-corrected chi connectivity index (χ3v) is 1.71. The van der Waals surface area contributed by atoms with E-state index >= 15 is 0 Å². The van der Waals surface area contributed by atoms with Crippen molar-refractivity contribution in [2.45, 2.75) is 0 Å². The van der Waals surface area contributed by atoms with Gasteiger partial charge in [0.2, 0.25) is 0 Å². The number of hydrogen-bond acceptors (Lipinski definition) is 4. The van der Waals surface area contributed by atoms with Crippen LogP contribution in [0.1, 0.15) is 5.69 Å². The average molecular weight is 226 g/mol. The number of nitrogens with one attached hydrogen (secondary N) is 1. The smallest absolute Gasteiger partial charge is 0.304 e. The molecule has 1 aromatic heterocycles. The Morgan fingerprint density at radius 2 is 2.47 bits per heavy atom. The molecule has 1 heterocycles. The van der Waals surface area contributed by atoms with Crippen LogP contribution in [0.3, 0.4) is 0 Å². The Morgan fingerprint density at radius 3 is 3.07 bits per heavy atom. The predicted molar refractivity (Wildman–Crippen MR) is 56.7 cm³/mol. The molecule has 0 aromatic carbocycles. The highest BCUT2D eigenvalue weighted by molar-refractivity contribution is 6.30. The number of nitrogens with zero attached hydrogens (tertiary/aromatic N) is 2. The zero-order valence-electron chi connectivity index (χ0n) is 7.95. The van der Waals surface area contributed by atoms with E-state index in [9.17, 15) is 10.1 Å². The average Bonchev–Trinajstić information content (AvgIpc) is 2.20. The second kappa shape index (κ2) is 5.29. The summed E-state index contributed by atoms with van der Waals surface area (Å²) in [6.07, 6.45) is 1.33. The van der Waals surface area contributed by atoms with Crippen molar-refractivity contribution in [3.8, 4) is 11.8 Å². The van der Waals surface area contributed by atoms with E-state index in [4.69, 9.17) is 11.6 Å². The number of halogens is 1. The Kier molecular flexibility index (Phi) is 4.03. The summed E-state index contributed by atoms with van der Waals surface area (Å²) in [4.78, 5) is 13.9. The van der Waals surface area contributed by atoms with Crippen LogP contribution in [-0.2, 0) is 0 Å². The lowest BCUT2D eigenvalue weighted by atomic mass is 10.3. The first kappa shape index (κ1) is 11.4. The normalized spacial score (nSPS) is 9.20. The molecule has 0 saturated carbocycles. The van der Waals surface area contributed by atoms with Crippen LogP contribution in [0.5, 0.6) is 0 Å². The molecule has 0 amide bonds. The minimum absolute atomic E-state index is 0.125. The minimum atomic E-state index is -0.553. The molecule has 6 heteroatoms. The fourth-order valence-electron chi connectivity index (χ4n) is 0.880. The van der Waals surface area contributed by atoms with Gasteiger partial charge in [0.05, 0.1) is 16.5 Å². The molecular formula is C9H8ClN3O2. The lowest BCUT2D eigenvalue weighted by molar-refractivity contribution is -0.385. The molecule has 5 nitrogen and oxygen atoms in total. The van der Waals surface area contributed by atoms with Gasteiger partial charge >= 0.3 is 5.69 Å². The van der Waals surface area contributed by atoms with Gasteiger partial charge in [0.25, 0.3) is 0 Å². The third-order valence-electron chi connectivity index (χ3n) is 1.50. The SMILES string of the molecule is CNCC#Cc1ncc(Cl)cc1[N+](=O)[O-]. The molecule has 0 unspecified atom stereocenters. The molecule has 0 saturated heterocycles. The fraction of sp³-hybridized carbons (Fsp3) is 0.222. The maximum Gasteiger partial charge on any atom is 0.304 e. The van der Waals surface area contributed by atoms with Crippen LogP contribution < -0.4 is 5.32 Å². The first-order chi connectivity index (χ1) is 7.15. The first-order valence-corrected chi connectivity index (χ1v) is 4.46. The van der Waals surface area contributed by atoms with Crippen LogP contribution in [0, 0.1) is 22.0 Å². The molecule has 0 spiro atoms. The molecule has 0 atom stereocenters. The van der Waals surface area contributed by atoms with Crippen molar-refractivity contribution in [3.05, 3.63) is 33.1 Å². The van der Waals surface area contributed by atoms with Gasteiger partial charge in [0.1, 0.15) is 0 Å². The topological polar surface area (TPSA) is 68.1 Å². The molecule has 1 N–H and O–H groups in total.